The Balaban J connectivity index is 1.48. The molecular formula is C27H21ClN2O5. The molecule has 4 aromatic carbocycles. The fourth-order valence-corrected chi connectivity index (χ4v) is 3.59. The number of carbonyl (C=O) groups is 2. The highest BCUT2D eigenvalue weighted by Crippen LogP contribution is 2.30. The number of carbonyl (C=O) groups excluding carboxylic acids is 2. The van der Waals surface area contributed by atoms with Crippen LogP contribution < -0.4 is 14.9 Å². The van der Waals surface area contributed by atoms with Gasteiger partial charge in [0.1, 0.15) is 5.75 Å². The maximum absolute atomic E-state index is 12.5. The van der Waals surface area contributed by atoms with E-state index in [2.05, 4.69) is 10.5 Å². The first-order chi connectivity index (χ1) is 17.0. The van der Waals surface area contributed by atoms with Crippen molar-refractivity contribution in [2.75, 3.05) is 6.61 Å². The van der Waals surface area contributed by atoms with Crippen molar-refractivity contribution >= 4 is 40.5 Å². The van der Waals surface area contributed by atoms with Crippen LogP contribution in [-0.4, -0.2) is 29.8 Å². The molecule has 2 N–H and O–H groups in total. The maximum Gasteiger partial charge on any atom is 0.345 e. The zero-order chi connectivity index (χ0) is 24.8. The molecule has 0 fully saturated rings. The number of benzene rings is 4. The number of nitrogens with zero attached hydrogens (tertiary/aromatic N) is 1. The molecule has 0 atom stereocenters. The average molecular weight is 489 g/mol. The van der Waals surface area contributed by atoms with Gasteiger partial charge in [0, 0.05) is 0 Å². The first-order valence-corrected chi connectivity index (χ1v) is 11.1. The van der Waals surface area contributed by atoms with Crippen LogP contribution in [0.2, 0.25) is 5.02 Å². The number of amides is 1. The van der Waals surface area contributed by atoms with Crippen LogP contribution in [-0.2, 0) is 0 Å². The predicted octanol–water partition coefficient (Wildman–Crippen LogP) is 5.58. The van der Waals surface area contributed by atoms with Gasteiger partial charge in [-0.25, -0.2) is 10.2 Å². The monoisotopic (exact) mass is 488 g/mol. The van der Waals surface area contributed by atoms with E-state index in [1.807, 2.05) is 24.3 Å². The van der Waals surface area contributed by atoms with Gasteiger partial charge in [0.25, 0.3) is 5.91 Å². The number of aromatic hydroxyl groups is 1. The van der Waals surface area contributed by atoms with Crippen LogP contribution in [0.5, 0.6) is 17.2 Å². The molecule has 176 valence electrons. The fourth-order valence-electron chi connectivity index (χ4n) is 3.37. The van der Waals surface area contributed by atoms with Gasteiger partial charge < -0.3 is 14.6 Å². The zero-order valence-electron chi connectivity index (χ0n) is 18.7. The summed E-state index contributed by atoms with van der Waals surface area (Å²) >= 11 is 6.08. The first kappa shape index (κ1) is 23.8. The standard InChI is InChI=1S/C27H21ClN2O5/c1-2-34-25-13-17(11-12-24(25)35-27(33)20-9-5-6-10-22(20)28)16-29-30-26(32)21-14-18-7-3-4-8-19(18)15-23(21)31/h3-16,31H,2H2,1H3,(H,30,32)/b29-16+. The second-order valence-corrected chi connectivity index (χ2v) is 7.83. The van der Waals surface area contributed by atoms with Crippen molar-refractivity contribution in [3.8, 4) is 17.2 Å². The van der Waals surface area contributed by atoms with Gasteiger partial charge in [-0.2, -0.15) is 5.10 Å². The van der Waals surface area contributed by atoms with E-state index in [9.17, 15) is 14.7 Å². The fraction of sp³-hybridized carbons (Fsp3) is 0.0741. The van der Waals surface area contributed by atoms with Gasteiger partial charge in [-0.05, 0) is 65.7 Å². The number of hydrogen-bond donors (Lipinski definition) is 2. The van der Waals surface area contributed by atoms with Gasteiger partial charge in [-0.3, -0.25) is 4.79 Å². The molecule has 0 bridgehead atoms. The van der Waals surface area contributed by atoms with Gasteiger partial charge >= 0.3 is 5.97 Å². The lowest BCUT2D eigenvalue weighted by molar-refractivity contribution is 0.0728. The minimum atomic E-state index is -0.611. The van der Waals surface area contributed by atoms with Crippen molar-refractivity contribution in [3.63, 3.8) is 0 Å². The summed E-state index contributed by atoms with van der Waals surface area (Å²) < 4.78 is 11.1. The molecule has 0 aromatic heterocycles. The zero-order valence-corrected chi connectivity index (χ0v) is 19.5. The van der Waals surface area contributed by atoms with Crippen molar-refractivity contribution in [3.05, 3.63) is 101 Å². The third-order valence-corrected chi connectivity index (χ3v) is 5.38. The minimum Gasteiger partial charge on any atom is -0.507 e. The van der Waals surface area contributed by atoms with Crippen LogP contribution in [0.3, 0.4) is 0 Å². The van der Waals surface area contributed by atoms with E-state index in [0.717, 1.165) is 10.8 Å². The Morgan fingerprint density at radius 1 is 0.943 bits per heavy atom. The third-order valence-electron chi connectivity index (χ3n) is 5.05. The summed E-state index contributed by atoms with van der Waals surface area (Å²) in [6, 6.07) is 22.0. The molecule has 4 rings (SSSR count). The van der Waals surface area contributed by atoms with Crippen molar-refractivity contribution in [1.29, 1.82) is 0 Å². The highest BCUT2D eigenvalue weighted by atomic mass is 35.5. The summed E-state index contributed by atoms with van der Waals surface area (Å²) in [4.78, 5) is 25.0. The number of nitrogens with one attached hydrogen (secondary N) is 1. The van der Waals surface area contributed by atoms with Gasteiger partial charge in [-0.1, -0.05) is 48.0 Å². The molecule has 0 spiro atoms. The van der Waals surface area contributed by atoms with Gasteiger partial charge in [0.15, 0.2) is 11.5 Å². The Bertz CT molecular complexity index is 1430. The Labute approximate surface area is 206 Å². The van der Waals surface area contributed by atoms with Crippen LogP contribution in [0.25, 0.3) is 10.8 Å². The summed E-state index contributed by atoms with van der Waals surface area (Å²) in [5.41, 5.74) is 3.35. The quantitative estimate of drug-likeness (QED) is 0.153. The van der Waals surface area contributed by atoms with Crippen LogP contribution in [0.4, 0.5) is 0 Å². The molecule has 0 unspecified atom stereocenters. The number of fused-ring (bicyclic) bond motifs is 1. The number of phenolic OH excluding ortho intramolecular Hbond substituents is 1. The van der Waals surface area contributed by atoms with E-state index in [0.29, 0.717) is 17.9 Å². The first-order valence-electron chi connectivity index (χ1n) is 10.7. The molecule has 0 saturated heterocycles. The Morgan fingerprint density at radius 2 is 1.66 bits per heavy atom. The summed E-state index contributed by atoms with van der Waals surface area (Å²) in [6.45, 7) is 2.14. The van der Waals surface area contributed by atoms with E-state index in [1.165, 1.54) is 12.3 Å². The molecule has 0 heterocycles. The normalized spacial score (nSPS) is 10.9. The Hall–Kier alpha value is -4.36. The molecule has 4 aromatic rings. The molecule has 8 heteroatoms. The van der Waals surface area contributed by atoms with E-state index < -0.39 is 11.9 Å². The van der Waals surface area contributed by atoms with Crippen LogP contribution >= 0.6 is 11.6 Å². The molecule has 0 saturated carbocycles. The third kappa shape index (κ3) is 5.59. The lowest BCUT2D eigenvalue weighted by atomic mass is 10.1. The second kappa shape index (κ2) is 10.7. The molecular weight excluding hydrogens is 468 g/mol. The second-order valence-electron chi connectivity index (χ2n) is 7.42. The SMILES string of the molecule is CCOc1cc(/C=N/NC(=O)c2cc3ccccc3cc2O)ccc1OC(=O)c1ccccc1Cl. The number of hydrazone groups is 1. The lowest BCUT2D eigenvalue weighted by Crippen LogP contribution is -2.17. The van der Waals surface area contributed by atoms with Crippen LogP contribution in [0.15, 0.2) is 84.0 Å². The van der Waals surface area contributed by atoms with E-state index in [4.69, 9.17) is 21.1 Å². The molecule has 35 heavy (non-hydrogen) atoms. The highest BCUT2D eigenvalue weighted by Gasteiger charge is 2.16. The predicted molar refractivity (Wildman–Crippen MR) is 135 cm³/mol. The van der Waals surface area contributed by atoms with Gasteiger partial charge in [0.05, 0.1) is 29.0 Å². The number of hydrogen-bond acceptors (Lipinski definition) is 6. The number of halogens is 1. The number of rotatable bonds is 7. The molecule has 0 aliphatic rings. The average Bonchev–Trinajstić information content (AvgIpc) is 2.85. The summed E-state index contributed by atoms with van der Waals surface area (Å²) in [7, 11) is 0. The summed E-state index contributed by atoms with van der Waals surface area (Å²) in [6.07, 6.45) is 1.41. The smallest absolute Gasteiger partial charge is 0.345 e. The maximum atomic E-state index is 12.5. The van der Waals surface area contributed by atoms with Gasteiger partial charge in [0.2, 0.25) is 0 Å². The van der Waals surface area contributed by atoms with E-state index in [1.54, 1.807) is 55.5 Å². The Kier molecular flexibility index (Phi) is 7.28. The van der Waals surface area contributed by atoms with Crippen LogP contribution in [0.1, 0.15) is 33.2 Å². The van der Waals surface area contributed by atoms with Gasteiger partial charge in [-0.15, -0.1) is 0 Å². The molecule has 0 aliphatic carbocycles. The highest BCUT2D eigenvalue weighted by molar-refractivity contribution is 6.33. The number of esters is 1. The van der Waals surface area contributed by atoms with E-state index >= 15 is 0 Å². The topological polar surface area (TPSA) is 97.2 Å². The summed E-state index contributed by atoms with van der Waals surface area (Å²) in [5.74, 6) is -0.755. The van der Waals surface area contributed by atoms with E-state index in [-0.39, 0.29) is 27.6 Å². The van der Waals surface area contributed by atoms with Crippen molar-refractivity contribution in [1.82, 2.24) is 5.43 Å². The molecule has 0 aliphatic heterocycles. The van der Waals surface area contributed by atoms with Crippen LogP contribution in [0, 0.1) is 0 Å². The number of phenols is 1. The summed E-state index contributed by atoms with van der Waals surface area (Å²) in [5, 5.41) is 16.1. The van der Waals surface area contributed by atoms with Crippen molar-refractivity contribution in [2.24, 2.45) is 5.10 Å². The Morgan fingerprint density at radius 3 is 2.40 bits per heavy atom. The lowest BCUT2D eigenvalue weighted by Gasteiger charge is -2.12. The largest absolute Gasteiger partial charge is 0.507 e. The molecule has 7 nitrogen and oxygen atoms in total. The van der Waals surface area contributed by atoms with Crippen molar-refractivity contribution in [2.45, 2.75) is 6.92 Å². The van der Waals surface area contributed by atoms with Crippen molar-refractivity contribution < 1.29 is 24.2 Å². The number of ether oxygens (including phenoxy) is 2. The molecule has 1 amide bonds. The minimum absolute atomic E-state index is 0.109. The molecule has 0 radical (unpaired) electrons.